The Morgan fingerprint density at radius 2 is 1.90 bits per heavy atom. The molecular formula is C17H15N3S. The van der Waals surface area contributed by atoms with E-state index in [0.717, 1.165) is 17.0 Å². The van der Waals surface area contributed by atoms with E-state index in [0.29, 0.717) is 5.13 Å². The third-order valence-electron chi connectivity index (χ3n) is 3.02. The van der Waals surface area contributed by atoms with Crippen molar-refractivity contribution in [2.24, 2.45) is 4.99 Å². The third kappa shape index (κ3) is 3.83. The first kappa shape index (κ1) is 13.6. The zero-order chi connectivity index (χ0) is 14.5. The summed E-state index contributed by atoms with van der Waals surface area (Å²) < 4.78 is 0. The second-order valence-corrected chi connectivity index (χ2v) is 5.85. The Balaban J connectivity index is 1.70. The van der Waals surface area contributed by atoms with Crippen LogP contribution in [-0.2, 0) is 6.42 Å². The van der Waals surface area contributed by atoms with Gasteiger partial charge in [0.15, 0.2) is 0 Å². The third-order valence-corrected chi connectivity index (χ3v) is 3.85. The minimum Gasteiger partial charge on any atom is -0.226 e. The van der Waals surface area contributed by atoms with Gasteiger partial charge in [0.1, 0.15) is 5.01 Å². The molecule has 0 saturated heterocycles. The number of hydrogen-bond donors (Lipinski definition) is 0. The first-order valence-corrected chi connectivity index (χ1v) is 7.58. The number of aliphatic imine (C=N–C) groups is 1. The van der Waals surface area contributed by atoms with E-state index < -0.39 is 0 Å². The molecule has 3 nitrogen and oxygen atoms in total. The van der Waals surface area contributed by atoms with Crippen molar-refractivity contribution in [3.05, 3.63) is 76.3 Å². The number of benzene rings is 2. The van der Waals surface area contributed by atoms with Gasteiger partial charge < -0.3 is 0 Å². The Kier molecular flexibility index (Phi) is 4.17. The molecule has 0 bridgehead atoms. The molecule has 0 N–H and O–H groups in total. The fourth-order valence-electron chi connectivity index (χ4n) is 2.02. The monoisotopic (exact) mass is 293 g/mol. The fourth-order valence-corrected chi connectivity index (χ4v) is 2.74. The number of hydrogen-bond acceptors (Lipinski definition) is 4. The number of aromatic nitrogens is 2. The van der Waals surface area contributed by atoms with Crippen molar-refractivity contribution in [1.29, 1.82) is 0 Å². The maximum atomic E-state index is 4.40. The highest BCUT2D eigenvalue weighted by molar-refractivity contribution is 7.15. The lowest BCUT2D eigenvalue weighted by molar-refractivity contribution is 1.00. The van der Waals surface area contributed by atoms with Gasteiger partial charge >= 0.3 is 0 Å². The average Bonchev–Trinajstić information content (AvgIpc) is 2.94. The van der Waals surface area contributed by atoms with E-state index in [4.69, 9.17) is 0 Å². The van der Waals surface area contributed by atoms with Crippen LogP contribution in [0, 0.1) is 6.92 Å². The highest BCUT2D eigenvalue weighted by Gasteiger charge is 2.03. The Morgan fingerprint density at radius 3 is 2.71 bits per heavy atom. The van der Waals surface area contributed by atoms with Gasteiger partial charge in [-0.1, -0.05) is 71.5 Å². The SMILES string of the molecule is Cc1cccc(C=Nc2nnc(Cc3ccccc3)s2)c1. The molecule has 2 aromatic carbocycles. The van der Waals surface area contributed by atoms with Crippen molar-refractivity contribution in [2.75, 3.05) is 0 Å². The molecule has 0 atom stereocenters. The molecular weight excluding hydrogens is 278 g/mol. The van der Waals surface area contributed by atoms with Gasteiger partial charge in [-0.3, -0.25) is 0 Å². The summed E-state index contributed by atoms with van der Waals surface area (Å²) in [5, 5.41) is 10.00. The lowest BCUT2D eigenvalue weighted by Crippen LogP contribution is -1.85. The van der Waals surface area contributed by atoms with Crippen molar-refractivity contribution in [1.82, 2.24) is 10.2 Å². The summed E-state index contributed by atoms with van der Waals surface area (Å²) in [6.45, 7) is 2.07. The Morgan fingerprint density at radius 1 is 1.05 bits per heavy atom. The molecule has 1 heterocycles. The molecule has 3 rings (SSSR count). The summed E-state index contributed by atoms with van der Waals surface area (Å²) in [6.07, 6.45) is 2.64. The van der Waals surface area contributed by atoms with Crippen molar-refractivity contribution in [3.63, 3.8) is 0 Å². The number of nitrogens with zero attached hydrogens (tertiary/aromatic N) is 3. The summed E-state index contributed by atoms with van der Waals surface area (Å²) in [5.41, 5.74) is 3.54. The van der Waals surface area contributed by atoms with Crippen LogP contribution in [0.15, 0.2) is 59.6 Å². The van der Waals surface area contributed by atoms with Gasteiger partial charge in [-0.2, -0.15) is 0 Å². The predicted octanol–water partition coefficient (Wildman–Crippen LogP) is 4.19. The van der Waals surface area contributed by atoms with E-state index in [1.807, 2.05) is 36.5 Å². The molecule has 0 radical (unpaired) electrons. The Hall–Kier alpha value is -2.33. The van der Waals surface area contributed by atoms with E-state index in [1.54, 1.807) is 0 Å². The van der Waals surface area contributed by atoms with Crippen molar-refractivity contribution >= 4 is 22.7 Å². The summed E-state index contributed by atoms with van der Waals surface area (Å²) in [4.78, 5) is 4.40. The first-order valence-electron chi connectivity index (χ1n) is 6.77. The molecule has 104 valence electrons. The largest absolute Gasteiger partial charge is 0.231 e. The molecule has 0 aliphatic carbocycles. The van der Waals surface area contributed by atoms with Crippen molar-refractivity contribution in [2.45, 2.75) is 13.3 Å². The second kappa shape index (κ2) is 6.41. The van der Waals surface area contributed by atoms with Crippen LogP contribution >= 0.6 is 11.3 Å². The Bertz CT molecular complexity index is 747. The molecule has 0 aliphatic rings. The van der Waals surface area contributed by atoms with E-state index in [1.165, 1.54) is 22.5 Å². The lowest BCUT2D eigenvalue weighted by atomic mass is 10.2. The normalized spacial score (nSPS) is 11.1. The standard InChI is InChI=1S/C17H15N3S/c1-13-6-5-9-15(10-13)12-18-17-20-19-16(21-17)11-14-7-3-2-4-8-14/h2-10,12H,11H2,1H3. The van der Waals surface area contributed by atoms with Gasteiger partial charge in [-0.15, -0.1) is 10.2 Å². The smallest absolute Gasteiger partial charge is 0.226 e. The van der Waals surface area contributed by atoms with Gasteiger partial charge in [0.05, 0.1) is 0 Å². The van der Waals surface area contributed by atoms with Crippen LogP contribution in [-0.4, -0.2) is 16.4 Å². The van der Waals surface area contributed by atoms with Gasteiger partial charge in [-0.25, -0.2) is 4.99 Å². The van der Waals surface area contributed by atoms with E-state index in [-0.39, 0.29) is 0 Å². The molecule has 0 amide bonds. The van der Waals surface area contributed by atoms with Crippen LogP contribution in [0.25, 0.3) is 0 Å². The molecule has 1 aromatic heterocycles. The van der Waals surface area contributed by atoms with Crippen LogP contribution in [0.2, 0.25) is 0 Å². The van der Waals surface area contributed by atoms with Crippen molar-refractivity contribution < 1.29 is 0 Å². The fraction of sp³-hybridized carbons (Fsp3) is 0.118. The minimum absolute atomic E-state index is 0.697. The maximum Gasteiger partial charge on any atom is 0.231 e. The molecule has 0 unspecified atom stereocenters. The highest BCUT2D eigenvalue weighted by atomic mass is 32.1. The zero-order valence-corrected chi connectivity index (χ0v) is 12.5. The average molecular weight is 293 g/mol. The van der Waals surface area contributed by atoms with Crippen LogP contribution in [0.4, 0.5) is 5.13 Å². The Labute approximate surface area is 128 Å². The van der Waals surface area contributed by atoms with Crippen LogP contribution in [0.3, 0.4) is 0 Å². The summed E-state index contributed by atoms with van der Waals surface area (Å²) in [6, 6.07) is 18.5. The summed E-state index contributed by atoms with van der Waals surface area (Å²) >= 11 is 1.53. The van der Waals surface area contributed by atoms with Gasteiger partial charge in [-0.05, 0) is 18.1 Å². The predicted molar refractivity (Wildman–Crippen MR) is 87.6 cm³/mol. The first-order chi connectivity index (χ1) is 10.3. The van der Waals surface area contributed by atoms with Crippen molar-refractivity contribution in [3.8, 4) is 0 Å². The lowest BCUT2D eigenvalue weighted by Gasteiger charge is -1.94. The molecule has 0 fully saturated rings. The quantitative estimate of drug-likeness (QED) is 0.677. The van der Waals surface area contributed by atoms with Gasteiger partial charge in [0, 0.05) is 12.6 Å². The van der Waals surface area contributed by atoms with E-state index in [2.05, 4.69) is 46.4 Å². The molecule has 0 aliphatic heterocycles. The molecule has 21 heavy (non-hydrogen) atoms. The van der Waals surface area contributed by atoms with Gasteiger partial charge in [0.2, 0.25) is 5.13 Å². The molecule has 0 spiro atoms. The maximum absolute atomic E-state index is 4.40. The van der Waals surface area contributed by atoms with Gasteiger partial charge in [0.25, 0.3) is 0 Å². The molecule has 4 heteroatoms. The van der Waals surface area contributed by atoms with E-state index in [9.17, 15) is 0 Å². The summed E-state index contributed by atoms with van der Waals surface area (Å²) in [5.74, 6) is 0. The highest BCUT2D eigenvalue weighted by Crippen LogP contribution is 2.21. The topological polar surface area (TPSA) is 38.1 Å². The number of aryl methyl sites for hydroxylation is 1. The van der Waals surface area contributed by atoms with E-state index >= 15 is 0 Å². The molecule has 3 aromatic rings. The molecule has 0 saturated carbocycles. The summed E-state index contributed by atoms with van der Waals surface area (Å²) in [7, 11) is 0. The van der Waals surface area contributed by atoms with Crippen LogP contribution in [0.5, 0.6) is 0 Å². The van der Waals surface area contributed by atoms with Crippen LogP contribution in [0.1, 0.15) is 21.7 Å². The second-order valence-electron chi connectivity index (χ2n) is 4.81. The minimum atomic E-state index is 0.697. The zero-order valence-electron chi connectivity index (χ0n) is 11.7. The number of rotatable bonds is 4. The van der Waals surface area contributed by atoms with Crippen LogP contribution < -0.4 is 0 Å².